The lowest BCUT2D eigenvalue weighted by atomic mass is 10.1. The van der Waals surface area contributed by atoms with Crippen molar-refractivity contribution in [2.75, 3.05) is 0 Å². The summed E-state index contributed by atoms with van der Waals surface area (Å²) in [6.45, 7) is 0. The monoisotopic (exact) mass is 578 g/mol. The number of ether oxygens (including phenoxy) is 1. The Labute approximate surface area is 208 Å². The van der Waals surface area contributed by atoms with Crippen LogP contribution >= 0.6 is 11.6 Å². The van der Waals surface area contributed by atoms with Gasteiger partial charge in [0, 0.05) is 13.1 Å². The molecule has 0 atom stereocenters. The van der Waals surface area contributed by atoms with Crippen LogP contribution in [0.25, 0.3) is 5.69 Å². The molecule has 0 spiro atoms. The summed E-state index contributed by atoms with van der Waals surface area (Å²) >= 11 is 5.73. The van der Waals surface area contributed by atoms with Gasteiger partial charge in [-0.05, 0) is 30.3 Å². The van der Waals surface area contributed by atoms with Crippen LogP contribution in [0.15, 0.2) is 46.0 Å². The van der Waals surface area contributed by atoms with Crippen molar-refractivity contribution in [1.29, 1.82) is 0 Å². The minimum atomic E-state index is -5.28. The van der Waals surface area contributed by atoms with Crippen molar-refractivity contribution >= 4 is 17.6 Å². The summed E-state index contributed by atoms with van der Waals surface area (Å²) in [7, 11) is 0.607. The number of carbonyl (C=O) groups is 1. The molecular formula is C21H9ClF10N2O4. The number of hydrogen-bond donors (Lipinski definition) is 0. The second-order valence-electron chi connectivity index (χ2n) is 7.46. The van der Waals surface area contributed by atoms with Crippen LogP contribution in [0, 0.1) is 5.82 Å². The van der Waals surface area contributed by atoms with E-state index in [1.54, 1.807) is 0 Å². The average molecular weight is 579 g/mol. The molecule has 17 heteroatoms. The maximum atomic E-state index is 14.6. The fourth-order valence-electron chi connectivity index (χ4n) is 3.13. The molecule has 0 aliphatic heterocycles. The normalized spacial score (nSPS) is 12.5. The summed E-state index contributed by atoms with van der Waals surface area (Å²) in [6, 6.07) is 0.504. The van der Waals surface area contributed by atoms with Crippen LogP contribution in [-0.2, 0) is 25.6 Å². The van der Waals surface area contributed by atoms with Gasteiger partial charge in [0.25, 0.3) is 5.56 Å². The highest BCUT2D eigenvalue weighted by molar-refractivity contribution is 6.33. The number of carbonyl (C=O) groups excluding carboxylic acids is 1. The summed E-state index contributed by atoms with van der Waals surface area (Å²) in [5.74, 6) is -4.49. The molecule has 0 unspecified atom stereocenters. The number of esters is 1. The first-order valence-corrected chi connectivity index (χ1v) is 10.0. The van der Waals surface area contributed by atoms with Crippen molar-refractivity contribution in [2.45, 2.75) is 18.5 Å². The lowest BCUT2D eigenvalue weighted by Crippen LogP contribution is -2.41. The molecule has 204 valence electrons. The summed E-state index contributed by atoms with van der Waals surface area (Å²) in [6.07, 6.45) is -15.7. The minimum absolute atomic E-state index is 0.0469. The third-order valence-electron chi connectivity index (χ3n) is 4.88. The zero-order valence-electron chi connectivity index (χ0n) is 18.1. The van der Waals surface area contributed by atoms with Gasteiger partial charge in [-0.3, -0.25) is 9.36 Å². The highest BCUT2D eigenvalue weighted by Crippen LogP contribution is 2.38. The molecule has 38 heavy (non-hydrogen) atoms. The molecule has 1 heterocycles. The van der Waals surface area contributed by atoms with Crippen molar-refractivity contribution in [1.82, 2.24) is 9.13 Å². The molecule has 1 aromatic heterocycles. The van der Waals surface area contributed by atoms with E-state index in [2.05, 4.69) is 4.74 Å². The summed E-state index contributed by atoms with van der Waals surface area (Å²) in [4.78, 5) is 37.2. The molecule has 0 amide bonds. The Bertz CT molecular complexity index is 1520. The van der Waals surface area contributed by atoms with E-state index in [0.717, 1.165) is 0 Å². The highest BCUT2D eigenvalue weighted by atomic mass is 35.5. The third-order valence-corrected chi connectivity index (χ3v) is 5.19. The molecule has 3 rings (SSSR count). The lowest BCUT2D eigenvalue weighted by molar-refractivity contribution is -0.144. The van der Waals surface area contributed by atoms with Crippen LogP contribution in [-0.4, -0.2) is 15.1 Å². The number of benzene rings is 2. The van der Waals surface area contributed by atoms with E-state index in [9.17, 15) is 58.3 Å². The van der Waals surface area contributed by atoms with E-state index in [4.69, 9.17) is 11.6 Å². The summed E-state index contributed by atoms with van der Waals surface area (Å²) in [5, 5.41) is -0.823. The van der Waals surface area contributed by atoms with Gasteiger partial charge < -0.3 is 4.74 Å². The molecule has 0 radical (unpaired) electrons. The smallest absolute Gasteiger partial charge is 0.423 e. The quantitative estimate of drug-likeness (QED) is 0.230. The first kappa shape index (κ1) is 28.7. The predicted octanol–water partition coefficient (Wildman–Crippen LogP) is 5.60. The largest absolute Gasteiger partial charge is 0.431 e. The Morgan fingerprint density at radius 1 is 0.816 bits per heavy atom. The van der Waals surface area contributed by atoms with Gasteiger partial charge in [0.1, 0.15) is 17.3 Å². The van der Waals surface area contributed by atoms with Crippen LogP contribution in [0.2, 0.25) is 5.02 Å². The average Bonchev–Trinajstić information content (AvgIpc) is 2.75. The second kappa shape index (κ2) is 9.49. The maximum absolute atomic E-state index is 14.6. The number of halogens is 11. The van der Waals surface area contributed by atoms with Gasteiger partial charge >= 0.3 is 30.2 Å². The number of nitrogens with zero attached hydrogens (tertiary/aromatic N) is 2. The van der Waals surface area contributed by atoms with E-state index in [1.165, 1.54) is 0 Å². The Kier molecular flexibility index (Phi) is 7.18. The van der Waals surface area contributed by atoms with Gasteiger partial charge in [0.05, 0.1) is 27.4 Å². The van der Waals surface area contributed by atoms with Gasteiger partial charge in [-0.2, -0.15) is 39.5 Å². The van der Waals surface area contributed by atoms with Crippen molar-refractivity contribution in [2.24, 2.45) is 7.05 Å². The van der Waals surface area contributed by atoms with Crippen molar-refractivity contribution < 1.29 is 53.4 Å². The molecular weight excluding hydrogens is 570 g/mol. The number of hydrogen-bond acceptors (Lipinski definition) is 4. The van der Waals surface area contributed by atoms with Crippen LogP contribution in [0.4, 0.5) is 43.9 Å². The molecule has 0 saturated heterocycles. The molecule has 0 bridgehead atoms. The molecule has 6 nitrogen and oxygen atoms in total. The van der Waals surface area contributed by atoms with Crippen molar-refractivity contribution in [3.63, 3.8) is 0 Å². The van der Waals surface area contributed by atoms with Crippen LogP contribution < -0.4 is 16.0 Å². The van der Waals surface area contributed by atoms with Crippen molar-refractivity contribution in [3.05, 3.63) is 90.5 Å². The predicted molar refractivity (Wildman–Crippen MR) is 109 cm³/mol. The molecule has 0 fully saturated rings. The van der Waals surface area contributed by atoms with E-state index >= 15 is 0 Å². The van der Waals surface area contributed by atoms with Crippen molar-refractivity contribution in [3.8, 4) is 11.4 Å². The number of alkyl halides is 9. The third kappa shape index (κ3) is 5.69. The lowest BCUT2D eigenvalue weighted by Gasteiger charge is -2.16. The zero-order valence-corrected chi connectivity index (χ0v) is 18.9. The SMILES string of the molecule is Cn1c(C(F)(F)F)cc(=O)n(-c2cc(C(=O)Oc3cc(C(F)(F)F)cc(C(F)(F)F)c3)c(Cl)cc2F)c1=O. The van der Waals surface area contributed by atoms with Gasteiger partial charge in [-0.1, -0.05) is 11.6 Å². The molecule has 2 aromatic carbocycles. The fraction of sp³-hybridized carbons (Fsp3) is 0.190. The fourth-order valence-corrected chi connectivity index (χ4v) is 3.36. The van der Waals surface area contributed by atoms with Gasteiger partial charge in [-0.25, -0.2) is 18.5 Å². The van der Waals surface area contributed by atoms with Crippen LogP contribution in [0.3, 0.4) is 0 Å². The van der Waals surface area contributed by atoms with Crippen LogP contribution in [0.5, 0.6) is 5.75 Å². The van der Waals surface area contributed by atoms with E-state index in [0.29, 0.717) is 19.2 Å². The Morgan fingerprint density at radius 2 is 1.34 bits per heavy atom. The van der Waals surface area contributed by atoms with Crippen LogP contribution in [0.1, 0.15) is 27.2 Å². The maximum Gasteiger partial charge on any atom is 0.431 e. The topological polar surface area (TPSA) is 70.3 Å². The molecule has 0 saturated carbocycles. The Hall–Kier alpha value is -3.82. The summed E-state index contributed by atoms with van der Waals surface area (Å²) < 4.78 is 136. The second-order valence-corrected chi connectivity index (χ2v) is 7.86. The molecule has 0 aliphatic carbocycles. The Morgan fingerprint density at radius 3 is 1.82 bits per heavy atom. The molecule has 0 N–H and O–H groups in total. The Balaban J connectivity index is 2.14. The molecule has 3 aromatic rings. The standard InChI is InChI=1S/C21H9ClF10N2O4/c1-33-15(21(30,31)32)7-16(35)34(18(33)37)14-5-11(12(22)6-13(14)23)17(36)38-10-3-8(19(24,25)26)2-9(4-10)20(27,28)29/h2-7H,1H3. The molecule has 0 aliphatic rings. The van der Waals surface area contributed by atoms with Gasteiger partial charge in [0.2, 0.25) is 0 Å². The van der Waals surface area contributed by atoms with E-state index in [1.807, 2.05) is 0 Å². The highest BCUT2D eigenvalue weighted by Gasteiger charge is 2.38. The first-order chi connectivity index (χ1) is 17.2. The first-order valence-electron chi connectivity index (χ1n) is 9.63. The van der Waals surface area contributed by atoms with E-state index in [-0.39, 0.29) is 33.4 Å². The number of rotatable bonds is 3. The minimum Gasteiger partial charge on any atom is -0.423 e. The van der Waals surface area contributed by atoms with E-state index < -0.39 is 80.4 Å². The zero-order chi connectivity index (χ0) is 29.0. The van der Waals surface area contributed by atoms with Gasteiger partial charge in [-0.15, -0.1) is 0 Å². The van der Waals surface area contributed by atoms with Gasteiger partial charge in [0.15, 0.2) is 0 Å². The number of aromatic nitrogens is 2. The summed E-state index contributed by atoms with van der Waals surface area (Å²) in [5.41, 5.74) is -10.8.